The van der Waals surface area contributed by atoms with Crippen LogP contribution in [0.25, 0.3) is 10.9 Å². The summed E-state index contributed by atoms with van der Waals surface area (Å²) in [7, 11) is 0. The molecule has 0 aliphatic heterocycles. The number of benzene rings is 1. The molecular weight excluding hydrogens is 268 g/mol. The summed E-state index contributed by atoms with van der Waals surface area (Å²) in [6.45, 7) is 0.734. The minimum Gasteiger partial charge on any atom is -0.392 e. The highest BCUT2D eigenvalue weighted by atomic mass is 35.5. The van der Waals surface area contributed by atoms with E-state index in [9.17, 15) is 5.11 Å². The highest BCUT2D eigenvalue weighted by Crippen LogP contribution is 2.26. The fourth-order valence-corrected chi connectivity index (χ4v) is 2.86. The Balaban J connectivity index is 2.13. The monoisotopic (exact) mass is 278 g/mol. The molecule has 1 aromatic carbocycles. The predicted octanol–water partition coefficient (Wildman–Crippen LogP) is 3.29. The van der Waals surface area contributed by atoms with Crippen LogP contribution in [-0.2, 0) is 13.2 Å². The predicted molar refractivity (Wildman–Crippen MR) is 74.1 cm³/mol. The second-order valence-corrected chi connectivity index (χ2v) is 5.44. The van der Waals surface area contributed by atoms with Crippen LogP contribution in [0.4, 0.5) is 0 Å². The Kier molecular flexibility index (Phi) is 3.07. The Hall–Kier alpha value is -1.36. The summed E-state index contributed by atoms with van der Waals surface area (Å²) in [6, 6.07) is 5.71. The van der Waals surface area contributed by atoms with Crippen molar-refractivity contribution in [1.82, 2.24) is 9.55 Å². The van der Waals surface area contributed by atoms with Crippen molar-refractivity contribution in [2.45, 2.75) is 13.2 Å². The number of fused-ring (bicyclic) bond motifs is 1. The summed E-state index contributed by atoms with van der Waals surface area (Å²) in [5.41, 5.74) is 1.94. The Morgan fingerprint density at radius 1 is 1.39 bits per heavy atom. The van der Waals surface area contributed by atoms with Crippen LogP contribution in [-0.4, -0.2) is 14.7 Å². The Morgan fingerprint density at radius 3 is 3.00 bits per heavy atom. The average molecular weight is 279 g/mol. The van der Waals surface area contributed by atoms with E-state index in [2.05, 4.69) is 9.55 Å². The first-order valence-electron chi connectivity index (χ1n) is 5.54. The van der Waals surface area contributed by atoms with Crippen LogP contribution in [0.1, 0.15) is 10.6 Å². The largest absolute Gasteiger partial charge is 0.392 e. The van der Waals surface area contributed by atoms with Gasteiger partial charge in [-0.15, -0.1) is 11.3 Å². The zero-order valence-electron chi connectivity index (χ0n) is 9.51. The van der Waals surface area contributed by atoms with Crippen LogP contribution in [0.5, 0.6) is 0 Å². The number of aromatic nitrogens is 2. The fourth-order valence-electron chi connectivity index (χ4n) is 2.07. The Morgan fingerprint density at radius 2 is 2.28 bits per heavy atom. The first-order valence-corrected chi connectivity index (χ1v) is 6.80. The van der Waals surface area contributed by atoms with Crippen molar-refractivity contribution in [3.05, 3.63) is 51.6 Å². The molecule has 0 atom stereocenters. The third-order valence-corrected chi connectivity index (χ3v) is 3.89. The van der Waals surface area contributed by atoms with Crippen molar-refractivity contribution in [2.75, 3.05) is 0 Å². The Labute approximate surface area is 113 Å². The zero-order chi connectivity index (χ0) is 12.5. The second kappa shape index (κ2) is 4.72. The summed E-state index contributed by atoms with van der Waals surface area (Å²) < 4.78 is 2.08. The smallest absolute Gasteiger partial charge is 0.112 e. The molecule has 0 radical (unpaired) electrons. The molecule has 0 fully saturated rings. The van der Waals surface area contributed by atoms with E-state index in [4.69, 9.17) is 11.6 Å². The summed E-state index contributed by atoms with van der Waals surface area (Å²) in [6.07, 6.45) is 3.76. The lowest BCUT2D eigenvalue weighted by Crippen LogP contribution is -1.97. The van der Waals surface area contributed by atoms with E-state index in [1.54, 1.807) is 17.5 Å². The Bertz CT molecular complexity index is 676. The second-order valence-electron chi connectivity index (χ2n) is 4.03. The lowest BCUT2D eigenvalue weighted by atomic mass is 10.2. The van der Waals surface area contributed by atoms with Gasteiger partial charge in [0.15, 0.2) is 0 Å². The molecule has 18 heavy (non-hydrogen) atoms. The summed E-state index contributed by atoms with van der Waals surface area (Å²) in [5, 5.41) is 14.1. The number of aliphatic hydroxyl groups excluding tert-OH is 1. The molecule has 1 N–H and O–H groups in total. The van der Waals surface area contributed by atoms with E-state index in [0.29, 0.717) is 11.6 Å². The average Bonchev–Trinajstić information content (AvgIpc) is 2.98. The topological polar surface area (TPSA) is 38.0 Å². The van der Waals surface area contributed by atoms with Gasteiger partial charge in [0.2, 0.25) is 0 Å². The summed E-state index contributed by atoms with van der Waals surface area (Å²) in [5.74, 6) is 0. The molecule has 2 aromatic heterocycles. The number of aliphatic hydroxyl groups is 1. The van der Waals surface area contributed by atoms with Gasteiger partial charge in [-0.3, -0.25) is 0 Å². The first kappa shape index (κ1) is 11.7. The molecule has 0 saturated carbocycles. The molecule has 0 bridgehead atoms. The van der Waals surface area contributed by atoms with Crippen LogP contribution in [0.3, 0.4) is 0 Å². The normalized spacial score (nSPS) is 11.2. The van der Waals surface area contributed by atoms with E-state index in [1.165, 1.54) is 0 Å². The quantitative estimate of drug-likeness (QED) is 0.798. The molecule has 3 rings (SSSR count). The standard InChI is InChI=1S/C13H11ClN2OS/c14-10-1-2-11-9(8-17)6-16(12(11)5-10)7-13-15-3-4-18-13/h1-6,17H,7-8H2. The minimum atomic E-state index is 0.0308. The molecule has 2 heterocycles. The lowest BCUT2D eigenvalue weighted by molar-refractivity contribution is 0.283. The van der Waals surface area contributed by atoms with Crippen LogP contribution < -0.4 is 0 Å². The highest BCUT2D eigenvalue weighted by Gasteiger charge is 2.09. The van der Waals surface area contributed by atoms with Gasteiger partial charge in [0.05, 0.1) is 18.7 Å². The maximum atomic E-state index is 9.38. The third kappa shape index (κ3) is 2.03. The molecule has 3 nitrogen and oxygen atoms in total. The highest BCUT2D eigenvalue weighted by molar-refractivity contribution is 7.09. The van der Waals surface area contributed by atoms with Gasteiger partial charge < -0.3 is 9.67 Å². The first-order chi connectivity index (χ1) is 8.78. The van der Waals surface area contributed by atoms with Gasteiger partial charge in [-0.2, -0.15) is 0 Å². The van der Waals surface area contributed by atoms with Crippen molar-refractivity contribution in [3.8, 4) is 0 Å². The number of thiazole rings is 1. The molecule has 0 saturated heterocycles. The lowest BCUT2D eigenvalue weighted by Gasteiger charge is -2.02. The zero-order valence-corrected chi connectivity index (χ0v) is 11.1. The van der Waals surface area contributed by atoms with Gasteiger partial charge in [0, 0.05) is 33.7 Å². The van der Waals surface area contributed by atoms with Gasteiger partial charge in [0.1, 0.15) is 5.01 Å². The van der Waals surface area contributed by atoms with Gasteiger partial charge in [-0.25, -0.2) is 4.98 Å². The number of hydrogen-bond acceptors (Lipinski definition) is 3. The van der Waals surface area contributed by atoms with Gasteiger partial charge in [0.25, 0.3) is 0 Å². The van der Waals surface area contributed by atoms with Gasteiger partial charge in [-0.05, 0) is 12.1 Å². The number of nitrogens with zero attached hydrogens (tertiary/aromatic N) is 2. The van der Waals surface area contributed by atoms with Crippen molar-refractivity contribution in [3.63, 3.8) is 0 Å². The molecular formula is C13H11ClN2OS. The molecule has 3 aromatic rings. The molecule has 0 aliphatic rings. The summed E-state index contributed by atoms with van der Waals surface area (Å²) >= 11 is 7.66. The van der Waals surface area contributed by atoms with E-state index >= 15 is 0 Å². The molecule has 0 unspecified atom stereocenters. The maximum Gasteiger partial charge on any atom is 0.112 e. The van der Waals surface area contributed by atoms with E-state index < -0.39 is 0 Å². The third-order valence-electron chi connectivity index (χ3n) is 2.89. The van der Waals surface area contributed by atoms with Crippen molar-refractivity contribution < 1.29 is 5.11 Å². The van der Waals surface area contributed by atoms with Crippen LogP contribution >= 0.6 is 22.9 Å². The SMILES string of the molecule is OCc1cn(Cc2nccs2)c2cc(Cl)ccc12. The van der Waals surface area contributed by atoms with Gasteiger partial charge in [-0.1, -0.05) is 17.7 Å². The molecule has 92 valence electrons. The van der Waals surface area contributed by atoms with E-state index in [1.807, 2.05) is 29.8 Å². The molecule has 0 amide bonds. The molecule has 5 heteroatoms. The van der Waals surface area contributed by atoms with Crippen molar-refractivity contribution in [2.24, 2.45) is 0 Å². The summed E-state index contributed by atoms with van der Waals surface area (Å²) in [4.78, 5) is 4.28. The minimum absolute atomic E-state index is 0.0308. The van der Waals surface area contributed by atoms with Crippen LogP contribution in [0.2, 0.25) is 5.02 Å². The molecule has 0 spiro atoms. The van der Waals surface area contributed by atoms with Gasteiger partial charge >= 0.3 is 0 Å². The van der Waals surface area contributed by atoms with Crippen LogP contribution in [0.15, 0.2) is 36.0 Å². The van der Waals surface area contributed by atoms with E-state index in [0.717, 1.165) is 21.5 Å². The maximum absolute atomic E-state index is 9.38. The fraction of sp³-hybridized carbons (Fsp3) is 0.154. The molecule has 0 aliphatic carbocycles. The van der Waals surface area contributed by atoms with Crippen molar-refractivity contribution in [1.29, 1.82) is 0 Å². The number of hydrogen-bond donors (Lipinski definition) is 1. The van der Waals surface area contributed by atoms with Crippen LogP contribution in [0, 0.1) is 0 Å². The van der Waals surface area contributed by atoms with E-state index in [-0.39, 0.29) is 6.61 Å². The number of rotatable bonds is 3. The van der Waals surface area contributed by atoms with Crippen molar-refractivity contribution >= 4 is 33.8 Å². The number of halogens is 1.